The highest BCUT2D eigenvalue weighted by molar-refractivity contribution is 5.96. The van der Waals surface area contributed by atoms with Crippen molar-refractivity contribution in [3.05, 3.63) is 59.2 Å². The number of rotatable bonds is 6. The molecule has 0 aliphatic rings. The maximum Gasteiger partial charge on any atom is 0.251 e. The minimum atomic E-state index is -0.0930. The normalized spacial score (nSPS) is 11.7. The molecule has 122 valence electrons. The summed E-state index contributed by atoms with van der Waals surface area (Å²) in [4.78, 5) is 12.3. The Morgan fingerprint density at radius 3 is 2.39 bits per heavy atom. The zero-order chi connectivity index (χ0) is 16.8. The average Bonchev–Trinajstić information content (AvgIpc) is 2.55. The third kappa shape index (κ3) is 4.74. The number of methoxy groups -OCH3 is 1. The molecule has 0 fully saturated rings. The highest BCUT2D eigenvalue weighted by Gasteiger charge is 2.12. The molecule has 0 aliphatic heterocycles. The molecule has 0 unspecified atom stereocenters. The molecule has 2 aromatic rings. The molecule has 1 N–H and O–H groups in total. The number of carbonyl (C=O) groups is 1. The Labute approximate surface area is 137 Å². The van der Waals surface area contributed by atoms with E-state index in [1.807, 2.05) is 63.2 Å². The first kappa shape index (κ1) is 16.9. The lowest BCUT2D eigenvalue weighted by Crippen LogP contribution is -2.37. The molecule has 0 saturated heterocycles. The summed E-state index contributed by atoms with van der Waals surface area (Å²) >= 11 is 0. The van der Waals surface area contributed by atoms with Gasteiger partial charge in [-0.05, 0) is 56.7 Å². The predicted octanol–water partition coefficient (Wildman–Crippen LogP) is 3.51. The van der Waals surface area contributed by atoms with Crippen molar-refractivity contribution in [3.63, 3.8) is 0 Å². The fraction of sp³-hybridized carbons (Fsp3) is 0.316. The molecular formula is C19H23NO3. The van der Waals surface area contributed by atoms with Crippen LogP contribution in [-0.2, 0) is 0 Å². The van der Waals surface area contributed by atoms with Crippen LogP contribution in [0.2, 0.25) is 0 Å². The molecule has 1 atom stereocenters. The number of benzene rings is 2. The lowest BCUT2D eigenvalue weighted by molar-refractivity contribution is 0.0926. The van der Waals surface area contributed by atoms with Crippen LogP contribution in [0.15, 0.2) is 42.5 Å². The van der Waals surface area contributed by atoms with Crippen molar-refractivity contribution in [1.82, 2.24) is 5.32 Å². The lowest BCUT2D eigenvalue weighted by Gasteiger charge is -2.16. The van der Waals surface area contributed by atoms with E-state index in [0.29, 0.717) is 12.2 Å². The van der Waals surface area contributed by atoms with Gasteiger partial charge in [0.1, 0.15) is 18.1 Å². The van der Waals surface area contributed by atoms with Gasteiger partial charge in [0, 0.05) is 5.56 Å². The van der Waals surface area contributed by atoms with Gasteiger partial charge in [0.2, 0.25) is 0 Å². The predicted molar refractivity (Wildman–Crippen MR) is 91.3 cm³/mol. The molecular weight excluding hydrogens is 290 g/mol. The topological polar surface area (TPSA) is 47.6 Å². The van der Waals surface area contributed by atoms with Gasteiger partial charge >= 0.3 is 0 Å². The SMILES string of the molecule is COc1ccc(OC[C@@H](C)NC(=O)c2cc(C)ccc2C)cc1. The first-order valence-electron chi connectivity index (χ1n) is 7.64. The van der Waals surface area contributed by atoms with Gasteiger partial charge in [-0.2, -0.15) is 0 Å². The molecule has 0 spiro atoms. The highest BCUT2D eigenvalue weighted by atomic mass is 16.5. The summed E-state index contributed by atoms with van der Waals surface area (Å²) < 4.78 is 10.8. The zero-order valence-electron chi connectivity index (χ0n) is 14.1. The molecule has 0 saturated carbocycles. The number of hydrogen-bond acceptors (Lipinski definition) is 3. The molecule has 4 heteroatoms. The fourth-order valence-corrected chi connectivity index (χ4v) is 2.22. The standard InChI is InChI=1S/C19H23NO3/c1-13-5-6-14(2)18(11-13)19(21)20-15(3)12-23-17-9-7-16(22-4)8-10-17/h5-11,15H,12H2,1-4H3,(H,20,21)/t15-/m1/s1. The molecule has 0 aliphatic carbocycles. The third-order valence-electron chi connectivity index (χ3n) is 3.57. The Bertz CT molecular complexity index is 665. The Balaban J connectivity index is 1.89. The van der Waals surface area contributed by atoms with Crippen molar-refractivity contribution in [2.24, 2.45) is 0 Å². The summed E-state index contributed by atoms with van der Waals surface area (Å²) in [5.41, 5.74) is 2.75. The van der Waals surface area contributed by atoms with Crippen molar-refractivity contribution in [1.29, 1.82) is 0 Å². The van der Waals surface area contributed by atoms with Gasteiger partial charge in [-0.3, -0.25) is 4.79 Å². The fourth-order valence-electron chi connectivity index (χ4n) is 2.22. The second-order valence-corrected chi connectivity index (χ2v) is 5.68. The van der Waals surface area contributed by atoms with Crippen molar-refractivity contribution >= 4 is 5.91 Å². The third-order valence-corrected chi connectivity index (χ3v) is 3.57. The van der Waals surface area contributed by atoms with E-state index >= 15 is 0 Å². The summed E-state index contributed by atoms with van der Waals surface area (Å²) in [5, 5.41) is 2.97. The van der Waals surface area contributed by atoms with Crippen LogP contribution in [0.1, 0.15) is 28.4 Å². The van der Waals surface area contributed by atoms with Crippen LogP contribution in [0.5, 0.6) is 11.5 Å². The summed E-state index contributed by atoms with van der Waals surface area (Å²) in [6, 6.07) is 13.1. The van der Waals surface area contributed by atoms with Crippen molar-refractivity contribution in [3.8, 4) is 11.5 Å². The Morgan fingerprint density at radius 2 is 1.74 bits per heavy atom. The maximum atomic E-state index is 12.3. The Hall–Kier alpha value is -2.49. The molecule has 1 amide bonds. The van der Waals surface area contributed by atoms with Crippen LogP contribution < -0.4 is 14.8 Å². The van der Waals surface area contributed by atoms with Gasteiger partial charge in [0.15, 0.2) is 0 Å². The van der Waals surface area contributed by atoms with Crippen LogP contribution in [0.25, 0.3) is 0 Å². The summed E-state index contributed by atoms with van der Waals surface area (Å²) in [6.07, 6.45) is 0. The van der Waals surface area contributed by atoms with Gasteiger partial charge in [-0.15, -0.1) is 0 Å². The first-order chi connectivity index (χ1) is 11.0. The second-order valence-electron chi connectivity index (χ2n) is 5.68. The lowest BCUT2D eigenvalue weighted by atomic mass is 10.0. The van der Waals surface area contributed by atoms with Gasteiger partial charge < -0.3 is 14.8 Å². The molecule has 0 heterocycles. The molecule has 0 radical (unpaired) electrons. The van der Waals surface area contributed by atoms with Crippen LogP contribution in [0.4, 0.5) is 0 Å². The molecule has 0 aromatic heterocycles. The zero-order valence-corrected chi connectivity index (χ0v) is 14.1. The summed E-state index contributed by atoms with van der Waals surface area (Å²) in [6.45, 7) is 6.24. The van der Waals surface area contributed by atoms with Crippen molar-refractivity contribution in [2.75, 3.05) is 13.7 Å². The van der Waals surface area contributed by atoms with E-state index in [1.54, 1.807) is 7.11 Å². The van der Waals surface area contributed by atoms with E-state index in [2.05, 4.69) is 5.32 Å². The number of ether oxygens (including phenoxy) is 2. The van der Waals surface area contributed by atoms with Crippen molar-refractivity contribution in [2.45, 2.75) is 26.8 Å². The molecule has 4 nitrogen and oxygen atoms in total. The smallest absolute Gasteiger partial charge is 0.251 e. The second kappa shape index (κ2) is 7.68. The van der Waals surface area contributed by atoms with E-state index < -0.39 is 0 Å². The molecule has 23 heavy (non-hydrogen) atoms. The van der Waals surface area contributed by atoms with Crippen LogP contribution >= 0.6 is 0 Å². The monoisotopic (exact) mass is 313 g/mol. The number of nitrogens with one attached hydrogen (secondary N) is 1. The van der Waals surface area contributed by atoms with Crippen molar-refractivity contribution < 1.29 is 14.3 Å². The maximum absolute atomic E-state index is 12.3. The average molecular weight is 313 g/mol. The number of amides is 1. The molecule has 2 rings (SSSR count). The van der Waals surface area contributed by atoms with E-state index in [9.17, 15) is 4.79 Å². The summed E-state index contributed by atoms with van der Waals surface area (Å²) in [7, 11) is 1.63. The largest absolute Gasteiger partial charge is 0.497 e. The van der Waals surface area contributed by atoms with Gasteiger partial charge in [-0.25, -0.2) is 0 Å². The Kier molecular flexibility index (Phi) is 5.63. The quantitative estimate of drug-likeness (QED) is 0.888. The van der Waals surface area contributed by atoms with Crippen LogP contribution in [-0.4, -0.2) is 25.7 Å². The Morgan fingerprint density at radius 1 is 1.09 bits per heavy atom. The first-order valence-corrected chi connectivity index (χ1v) is 7.64. The summed E-state index contributed by atoms with van der Waals surface area (Å²) in [5.74, 6) is 1.46. The van der Waals surface area contributed by atoms with Crippen LogP contribution in [0, 0.1) is 13.8 Å². The minimum absolute atomic E-state index is 0.0722. The number of carbonyl (C=O) groups excluding carboxylic acids is 1. The highest BCUT2D eigenvalue weighted by Crippen LogP contribution is 2.17. The molecule has 2 aromatic carbocycles. The van der Waals surface area contributed by atoms with Crippen LogP contribution in [0.3, 0.4) is 0 Å². The molecule has 0 bridgehead atoms. The van der Waals surface area contributed by atoms with E-state index in [-0.39, 0.29) is 11.9 Å². The van der Waals surface area contributed by atoms with E-state index in [1.165, 1.54) is 0 Å². The van der Waals surface area contributed by atoms with Gasteiger partial charge in [0.25, 0.3) is 5.91 Å². The van der Waals surface area contributed by atoms with E-state index in [4.69, 9.17) is 9.47 Å². The van der Waals surface area contributed by atoms with Gasteiger partial charge in [0.05, 0.1) is 13.2 Å². The number of aryl methyl sites for hydroxylation is 2. The van der Waals surface area contributed by atoms with Gasteiger partial charge in [-0.1, -0.05) is 17.7 Å². The minimum Gasteiger partial charge on any atom is -0.497 e. The number of hydrogen-bond donors (Lipinski definition) is 1. The van der Waals surface area contributed by atoms with E-state index in [0.717, 1.165) is 22.6 Å².